The number of hydrogen-bond donors (Lipinski definition) is 1. The fourth-order valence-electron chi connectivity index (χ4n) is 2.66. The van der Waals surface area contributed by atoms with Gasteiger partial charge in [-0.3, -0.25) is 4.90 Å². The number of halogens is 3. The number of hydrogen-bond acceptors (Lipinski definition) is 2. The largest absolute Gasteiger partial charge is 0.314 e. The molecule has 20 heavy (non-hydrogen) atoms. The zero-order valence-electron chi connectivity index (χ0n) is 12.0. The maximum atomic E-state index is 13.4. The molecule has 1 aliphatic rings. The van der Waals surface area contributed by atoms with E-state index in [9.17, 15) is 8.78 Å². The molecule has 1 heterocycles. The number of benzene rings is 1. The summed E-state index contributed by atoms with van der Waals surface area (Å²) >= 11 is 0. The van der Waals surface area contributed by atoms with Crippen LogP contribution in [-0.2, 0) is 0 Å². The summed E-state index contributed by atoms with van der Waals surface area (Å²) in [5, 5.41) is 3.32. The Bertz CT molecular complexity index is 420. The minimum absolute atomic E-state index is 0. The van der Waals surface area contributed by atoms with Gasteiger partial charge in [-0.1, -0.05) is 19.9 Å². The van der Waals surface area contributed by atoms with E-state index < -0.39 is 11.6 Å². The molecular weight excluding hydrogens is 282 g/mol. The Balaban J connectivity index is 0.00000200. The van der Waals surface area contributed by atoms with E-state index in [0.717, 1.165) is 38.2 Å². The van der Waals surface area contributed by atoms with Gasteiger partial charge in [0.1, 0.15) is 0 Å². The van der Waals surface area contributed by atoms with Crippen molar-refractivity contribution in [1.82, 2.24) is 10.2 Å². The molecule has 5 heteroatoms. The van der Waals surface area contributed by atoms with Crippen LogP contribution >= 0.6 is 12.4 Å². The van der Waals surface area contributed by atoms with Gasteiger partial charge in [0.05, 0.1) is 0 Å². The van der Waals surface area contributed by atoms with E-state index in [2.05, 4.69) is 24.1 Å². The molecule has 2 nitrogen and oxygen atoms in total. The average Bonchev–Trinajstić information content (AvgIpc) is 2.40. The van der Waals surface area contributed by atoms with Crippen molar-refractivity contribution >= 4 is 12.4 Å². The lowest BCUT2D eigenvalue weighted by Crippen LogP contribution is -2.45. The van der Waals surface area contributed by atoms with Crippen LogP contribution in [0, 0.1) is 17.6 Å². The lowest BCUT2D eigenvalue weighted by molar-refractivity contribution is 0.153. The van der Waals surface area contributed by atoms with Gasteiger partial charge in [0.2, 0.25) is 0 Å². The van der Waals surface area contributed by atoms with E-state index >= 15 is 0 Å². The van der Waals surface area contributed by atoms with Crippen LogP contribution < -0.4 is 5.32 Å². The first-order chi connectivity index (χ1) is 9.08. The summed E-state index contributed by atoms with van der Waals surface area (Å²) in [5.41, 5.74) is 0.884. The van der Waals surface area contributed by atoms with Gasteiger partial charge in [-0.05, 0) is 30.0 Å². The molecular formula is C15H23ClF2N2. The first-order valence-electron chi connectivity index (χ1n) is 6.97. The smallest absolute Gasteiger partial charge is 0.159 e. The fourth-order valence-corrected chi connectivity index (χ4v) is 2.66. The average molecular weight is 305 g/mol. The number of rotatable bonds is 4. The molecule has 2 rings (SSSR count). The summed E-state index contributed by atoms with van der Waals surface area (Å²) in [5.74, 6) is -0.998. The molecule has 0 radical (unpaired) electrons. The molecule has 1 aliphatic heterocycles. The van der Waals surface area contributed by atoms with E-state index in [1.807, 2.05) is 0 Å². The monoisotopic (exact) mass is 304 g/mol. The van der Waals surface area contributed by atoms with E-state index in [1.165, 1.54) is 12.1 Å². The van der Waals surface area contributed by atoms with E-state index in [4.69, 9.17) is 0 Å². The molecule has 0 amide bonds. The number of piperazine rings is 1. The molecule has 0 unspecified atom stereocenters. The van der Waals surface area contributed by atoms with E-state index in [-0.39, 0.29) is 18.4 Å². The van der Waals surface area contributed by atoms with Gasteiger partial charge in [0.25, 0.3) is 0 Å². The third-order valence-electron chi connectivity index (χ3n) is 3.62. The zero-order valence-corrected chi connectivity index (χ0v) is 12.9. The second-order valence-corrected chi connectivity index (χ2v) is 5.60. The maximum Gasteiger partial charge on any atom is 0.159 e. The van der Waals surface area contributed by atoms with E-state index in [1.54, 1.807) is 6.07 Å². The topological polar surface area (TPSA) is 15.3 Å². The first-order valence-corrected chi connectivity index (χ1v) is 6.97. The SMILES string of the molecule is CC(C)C[C@H](c1ccc(F)c(F)c1)N1CCNCC1.Cl. The molecule has 0 aromatic heterocycles. The van der Waals surface area contributed by atoms with Crippen LogP contribution in [-0.4, -0.2) is 31.1 Å². The Morgan fingerprint density at radius 1 is 1.15 bits per heavy atom. The third-order valence-corrected chi connectivity index (χ3v) is 3.62. The van der Waals surface area contributed by atoms with Crippen molar-refractivity contribution < 1.29 is 8.78 Å². The van der Waals surface area contributed by atoms with Crippen molar-refractivity contribution in [2.24, 2.45) is 5.92 Å². The molecule has 1 saturated heterocycles. The maximum absolute atomic E-state index is 13.4. The van der Waals surface area contributed by atoms with Gasteiger partial charge in [-0.25, -0.2) is 8.78 Å². The number of nitrogens with one attached hydrogen (secondary N) is 1. The highest BCUT2D eigenvalue weighted by Crippen LogP contribution is 2.29. The van der Waals surface area contributed by atoms with Crippen LogP contribution in [0.5, 0.6) is 0 Å². The molecule has 1 atom stereocenters. The Hall–Kier alpha value is -0.710. The van der Waals surface area contributed by atoms with Crippen LogP contribution in [0.15, 0.2) is 18.2 Å². The highest BCUT2D eigenvalue weighted by atomic mass is 35.5. The van der Waals surface area contributed by atoms with Gasteiger partial charge in [-0.2, -0.15) is 0 Å². The molecule has 1 aromatic carbocycles. The molecule has 1 N–H and O–H groups in total. The summed E-state index contributed by atoms with van der Waals surface area (Å²) in [6, 6.07) is 4.48. The second-order valence-electron chi connectivity index (χ2n) is 5.60. The van der Waals surface area contributed by atoms with Crippen LogP contribution in [0.1, 0.15) is 31.9 Å². The third kappa shape index (κ3) is 4.40. The molecule has 1 aromatic rings. The highest BCUT2D eigenvalue weighted by Gasteiger charge is 2.23. The molecule has 0 spiro atoms. The summed E-state index contributed by atoms with van der Waals surface area (Å²) in [6.45, 7) is 8.15. The predicted octanol–water partition coefficient (Wildman–Crippen LogP) is 3.38. The van der Waals surface area contributed by atoms with Gasteiger partial charge in [0, 0.05) is 32.2 Å². The van der Waals surface area contributed by atoms with Crippen molar-refractivity contribution in [2.75, 3.05) is 26.2 Å². The summed E-state index contributed by atoms with van der Waals surface area (Å²) in [7, 11) is 0. The van der Waals surface area contributed by atoms with Gasteiger partial charge in [0.15, 0.2) is 11.6 Å². The minimum Gasteiger partial charge on any atom is -0.314 e. The van der Waals surface area contributed by atoms with Crippen molar-refractivity contribution in [3.63, 3.8) is 0 Å². The first kappa shape index (κ1) is 17.3. The van der Waals surface area contributed by atoms with Crippen LogP contribution in [0.25, 0.3) is 0 Å². The standard InChI is InChI=1S/C15H22F2N2.ClH/c1-11(2)9-15(19-7-5-18-6-8-19)12-3-4-13(16)14(17)10-12;/h3-4,10-11,15,18H,5-9H2,1-2H3;1H/t15-;/m1./s1. The normalized spacial score (nSPS) is 17.9. The lowest BCUT2D eigenvalue weighted by atomic mass is 9.95. The summed E-state index contributed by atoms with van der Waals surface area (Å²) < 4.78 is 26.5. The minimum atomic E-state index is -0.771. The van der Waals surface area contributed by atoms with Crippen LogP contribution in [0.3, 0.4) is 0 Å². The quantitative estimate of drug-likeness (QED) is 0.917. The lowest BCUT2D eigenvalue weighted by Gasteiger charge is -2.36. The molecule has 0 bridgehead atoms. The summed E-state index contributed by atoms with van der Waals surface area (Å²) in [6.07, 6.45) is 0.963. The van der Waals surface area contributed by atoms with Crippen molar-refractivity contribution in [1.29, 1.82) is 0 Å². The molecule has 114 valence electrons. The second kappa shape index (κ2) is 7.91. The van der Waals surface area contributed by atoms with Crippen LogP contribution in [0.2, 0.25) is 0 Å². The zero-order chi connectivity index (χ0) is 13.8. The highest BCUT2D eigenvalue weighted by molar-refractivity contribution is 5.85. The Morgan fingerprint density at radius 3 is 2.35 bits per heavy atom. The summed E-state index contributed by atoms with van der Waals surface area (Å²) in [4.78, 5) is 2.36. The molecule has 0 aliphatic carbocycles. The number of nitrogens with zero attached hydrogens (tertiary/aromatic N) is 1. The van der Waals surface area contributed by atoms with Crippen molar-refractivity contribution in [3.8, 4) is 0 Å². The Kier molecular flexibility index (Phi) is 6.86. The molecule has 1 fully saturated rings. The van der Waals surface area contributed by atoms with Gasteiger partial charge in [-0.15, -0.1) is 12.4 Å². The Labute approximate surface area is 126 Å². The molecule has 0 saturated carbocycles. The van der Waals surface area contributed by atoms with Crippen LogP contribution in [0.4, 0.5) is 8.78 Å². The van der Waals surface area contributed by atoms with E-state index in [0.29, 0.717) is 5.92 Å². The fraction of sp³-hybridized carbons (Fsp3) is 0.600. The van der Waals surface area contributed by atoms with Crippen molar-refractivity contribution in [2.45, 2.75) is 26.3 Å². The van der Waals surface area contributed by atoms with Gasteiger partial charge >= 0.3 is 0 Å². The van der Waals surface area contributed by atoms with Gasteiger partial charge < -0.3 is 5.32 Å². The van der Waals surface area contributed by atoms with Crippen molar-refractivity contribution in [3.05, 3.63) is 35.4 Å². The predicted molar refractivity (Wildman–Crippen MR) is 80.2 cm³/mol. The Morgan fingerprint density at radius 2 is 1.80 bits per heavy atom.